The van der Waals surface area contributed by atoms with Crippen LogP contribution in [0.15, 0.2) is 70.2 Å². The molecule has 34 heavy (non-hydrogen) atoms. The highest BCUT2D eigenvalue weighted by Crippen LogP contribution is 2.27. The van der Waals surface area contributed by atoms with Gasteiger partial charge in [0, 0.05) is 28.7 Å². The zero-order valence-corrected chi connectivity index (χ0v) is 19.0. The molecule has 4 nitrogen and oxygen atoms in total. The molecule has 1 aromatic heterocycles. The average molecular weight is 533 g/mol. The normalized spacial score (nSPS) is 11.3. The van der Waals surface area contributed by atoms with Crippen molar-refractivity contribution >= 4 is 28.0 Å². The third-order valence-corrected chi connectivity index (χ3v) is 5.35. The number of hydrogen-bond donors (Lipinski definition) is 0. The number of anilines is 1. The van der Waals surface area contributed by atoms with E-state index in [-0.39, 0.29) is 5.82 Å². The van der Waals surface area contributed by atoms with E-state index in [4.69, 9.17) is 0 Å². The topological polar surface area (TPSA) is 41.4 Å². The summed E-state index contributed by atoms with van der Waals surface area (Å²) in [6.45, 7) is 0. The molecule has 172 valence electrons. The maximum atomic E-state index is 14.0. The van der Waals surface area contributed by atoms with Crippen molar-refractivity contribution in [3.8, 4) is 22.6 Å². The first kappa shape index (κ1) is 23.5. The summed E-state index contributed by atoms with van der Waals surface area (Å²) in [7, 11) is 1.42. The summed E-state index contributed by atoms with van der Waals surface area (Å²) in [5, 5.41) is 5.00. The highest BCUT2D eigenvalue weighted by molar-refractivity contribution is 9.10. The fraction of sp³-hybridized carbons (Fsp3) is 0.0417. The Morgan fingerprint density at radius 1 is 0.765 bits per heavy atom. The van der Waals surface area contributed by atoms with Gasteiger partial charge in [-0.25, -0.2) is 31.9 Å². The van der Waals surface area contributed by atoms with Crippen molar-refractivity contribution in [3.63, 3.8) is 0 Å². The SMILES string of the molecule is CN(/N=C/c1c(F)c(F)c(F)c(F)c1F)c1cc(-c2ccccc2)nc(-c2ccc(Br)cc2)n1. The van der Waals surface area contributed by atoms with Gasteiger partial charge in [0.25, 0.3) is 0 Å². The zero-order chi connectivity index (χ0) is 24.4. The molecular formula is C24H14BrF5N4. The lowest BCUT2D eigenvalue weighted by Gasteiger charge is -2.15. The van der Waals surface area contributed by atoms with Crippen LogP contribution in [0.1, 0.15) is 5.56 Å². The number of rotatable bonds is 5. The van der Waals surface area contributed by atoms with E-state index in [1.165, 1.54) is 7.05 Å². The average Bonchev–Trinajstić information content (AvgIpc) is 2.86. The lowest BCUT2D eigenvalue weighted by Crippen LogP contribution is -2.14. The van der Waals surface area contributed by atoms with Crippen LogP contribution in [0.5, 0.6) is 0 Å². The third-order valence-electron chi connectivity index (χ3n) is 4.82. The minimum Gasteiger partial charge on any atom is -0.251 e. The lowest BCUT2D eigenvalue weighted by atomic mass is 10.1. The summed E-state index contributed by atoms with van der Waals surface area (Å²) >= 11 is 3.37. The molecule has 0 saturated heterocycles. The van der Waals surface area contributed by atoms with E-state index in [0.717, 1.165) is 15.0 Å². The summed E-state index contributed by atoms with van der Waals surface area (Å²) in [5.74, 6) is -9.70. The van der Waals surface area contributed by atoms with Gasteiger partial charge in [-0.2, -0.15) is 5.10 Å². The molecule has 0 aliphatic heterocycles. The van der Waals surface area contributed by atoms with Crippen LogP contribution in [0.4, 0.5) is 27.8 Å². The number of halogens is 6. The van der Waals surface area contributed by atoms with E-state index in [1.807, 2.05) is 42.5 Å². The second kappa shape index (κ2) is 9.68. The van der Waals surface area contributed by atoms with Crippen molar-refractivity contribution in [3.05, 3.63) is 99.8 Å². The number of nitrogens with zero attached hydrogens (tertiary/aromatic N) is 4. The van der Waals surface area contributed by atoms with E-state index in [2.05, 4.69) is 31.0 Å². The second-order valence-corrected chi connectivity index (χ2v) is 7.98. The molecule has 0 amide bonds. The van der Waals surface area contributed by atoms with Gasteiger partial charge >= 0.3 is 0 Å². The van der Waals surface area contributed by atoms with Gasteiger partial charge in [0.05, 0.1) is 17.5 Å². The van der Waals surface area contributed by atoms with Crippen LogP contribution >= 0.6 is 15.9 Å². The highest BCUT2D eigenvalue weighted by atomic mass is 79.9. The predicted molar refractivity (Wildman–Crippen MR) is 123 cm³/mol. The van der Waals surface area contributed by atoms with Crippen LogP contribution in [-0.4, -0.2) is 23.2 Å². The van der Waals surface area contributed by atoms with Crippen LogP contribution in [0.3, 0.4) is 0 Å². The summed E-state index contributed by atoms with van der Waals surface area (Å²) in [6, 6.07) is 18.0. The monoisotopic (exact) mass is 532 g/mol. The molecule has 0 radical (unpaired) electrons. The molecule has 0 bridgehead atoms. The highest BCUT2D eigenvalue weighted by Gasteiger charge is 2.25. The molecule has 10 heteroatoms. The van der Waals surface area contributed by atoms with Crippen molar-refractivity contribution in [1.29, 1.82) is 0 Å². The molecular weight excluding hydrogens is 519 g/mol. The fourth-order valence-electron chi connectivity index (χ4n) is 3.02. The molecule has 0 aliphatic rings. The Balaban J connectivity index is 1.78. The molecule has 0 atom stereocenters. The molecule has 1 heterocycles. The Hall–Kier alpha value is -3.66. The molecule has 0 N–H and O–H groups in total. The molecule has 0 unspecified atom stereocenters. The van der Waals surface area contributed by atoms with Crippen molar-refractivity contribution in [2.45, 2.75) is 0 Å². The summed E-state index contributed by atoms with van der Waals surface area (Å²) in [4.78, 5) is 9.05. The fourth-order valence-corrected chi connectivity index (χ4v) is 3.29. The Bertz CT molecular complexity index is 1350. The maximum absolute atomic E-state index is 14.0. The van der Waals surface area contributed by atoms with Gasteiger partial charge in [0.2, 0.25) is 5.82 Å². The summed E-state index contributed by atoms with van der Waals surface area (Å²) in [6.07, 6.45) is 0.555. The first-order valence-corrected chi connectivity index (χ1v) is 10.5. The first-order valence-electron chi connectivity index (χ1n) is 9.76. The van der Waals surface area contributed by atoms with Crippen LogP contribution in [-0.2, 0) is 0 Å². The van der Waals surface area contributed by atoms with Gasteiger partial charge in [-0.3, -0.25) is 5.01 Å². The van der Waals surface area contributed by atoms with Gasteiger partial charge < -0.3 is 0 Å². The van der Waals surface area contributed by atoms with Gasteiger partial charge in [0.15, 0.2) is 34.9 Å². The number of hydrazone groups is 1. The standard InChI is InChI=1S/C24H14BrF5N4/c1-34(31-12-16-19(26)21(28)23(30)22(29)20(16)27)18-11-17(13-5-3-2-4-6-13)32-24(33-18)14-7-9-15(25)10-8-14/h2-12H,1H3/b31-12+. The largest absolute Gasteiger partial charge is 0.251 e. The van der Waals surface area contributed by atoms with Crippen LogP contribution < -0.4 is 5.01 Å². The van der Waals surface area contributed by atoms with E-state index in [1.54, 1.807) is 18.2 Å². The minimum atomic E-state index is -2.23. The Morgan fingerprint density at radius 2 is 1.35 bits per heavy atom. The quantitative estimate of drug-likeness (QED) is 0.0939. The molecule has 4 aromatic rings. The number of aromatic nitrogens is 2. The van der Waals surface area contributed by atoms with Gasteiger partial charge in [-0.05, 0) is 12.1 Å². The Labute approximate surface area is 199 Å². The minimum absolute atomic E-state index is 0.229. The van der Waals surface area contributed by atoms with Crippen molar-refractivity contribution in [2.75, 3.05) is 12.1 Å². The Kier molecular flexibility index (Phi) is 6.69. The van der Waals surface area contributed by atoms with E-state index in [9.17, 15) is 22.0 Å². The molecule has 0 fully saturated rings. The Morgan fingerprint density at radius 3 is 1.97 bits per heavy atom. The number of hydrogen-bond acceptors (Lipinski definition) is 4. The van der Waals surface area contributed by atoms with Crippen molar-refractivity contribution < 1.29 is 22.0 Å². The van der Waals surface area contributed by atoms with Crippen molar-refractivity contribution in [2.24, 2.45) is 5.10 Å². The second-order valence-electron chi connectivity index (χ2n) is 7.06. The van der Waals surface area contributed by atoms with Crippen LogP contribution in [0, 0.1) is 29.1 Å². The van der Waals surface area contributed by atoms with Crippen LogP contribution in [0.25, 0.3) is 22.6 Å². The lowest BCUT2D eigenvalue weighted by molar-refractivity contribution is 0.377. The summed E-state index contributed by atoms with van der Waals surface area (Å²) in [5.41, 5.74) is 0.858. The smallest absolute Gasteiger partial charge is 0.200 e. The van der Waals surface area contributed by atoms with Gasteiger partial charge in [-0.15, -0.1) is 0 Å². The third kappa shape index (κ3) is 4.67. The predicted octanol–water partition coefficient (Wildman–Crippen LogP) is 6.74. The van der Waals surface area contributed by atoms with E-state index in [0.29, 0.717) is 23.3 Å². The summed E-state index contributed by atoms with van der Waals surface area (Å²) < 4.78 is 69.2. The van der Waals surface area contributed by atoms with E-state index >= 15 is 0 Å². The van der Waals surface area contributed by atoms with Crippen molar-refractivity contribution in [1.82, 2.24) is 9.97 Å². The molecule has 0 aliphatic carbocycles. The number of benzene rings is 3. The molecule has 0 spiro atoms. The molecule has 3 aromatic carbocycles. The molecule has 4 rings (SSSR count). The van der Waals surface area contributed by atoms with Crippen LogP contribution in [0.2, 0.25) is 0 Å². The first-order chi connectivity index (χ1) is 16.3. The maximum Gasteiger partial charge on any atom is 0.200 e. The zero-order valence-electron chi connectivity index (χ0n) is 17.4. The molecule has 0 saturated carbocycles. The van der Waals surface area contributed by atoms with E-state index < -0.39 is 34.6 Å². The van der Waals surface area contributed by atoms with Gasteiger partial charge in [-0.1, -0.05) is 58.4 Å². The van der Waals surface area contributed by atoms with Gasteiger partial charge in [0.1, 0.15) is 0 Å².